The lowest BCUT2D eigenvalue weighted by atomic mass is 9.97. The van der Waals surface area contributed by atoms with Crippen LogP contribution in [0.3, 0.4) is 0 Å². The highest BCUT2D eigenvalue weighted by atomic mass is 16.4. The summed E-state index contributed by atoms with van der Waals surface area (Å²) >= 11 is 0. The fourth-order valence-electron chi connectivity index (χ4n) is 3.31. The van der Waals surface area contributed by atoms with Gasteiger partial charge in [0.05, 0.1) is 16.3 Å². The second-order valence-corrected chi connectivity index (χ2v) is 6.79. The first kappa shape index (κ1) is 18.2. The van der Waals surface area contributed by atoms with Crippen LogP contribution in [-0.2, 0) is 12.8 Å². The van der Waals surface area contributed by atoms with Gasteiger partial charge in [-0.3, -0.25) is 4.79 Å². The van der Waals surface area contributed by atoms with Gasteiger partial charge in [0.2, 0.25) is 5.43 Å². The van der Waals surface area contributed by atoms with Crippen molar-refractivity contribution in [2.45, 2.75) is 52.4 Å². The Labute approximate surface area is 152 Å². The summed E-state index contributed by atoms with van der Waals surface area (Å²) in [6, 6.07) is 8.54. The molecule has 4 heteroatoms. The number of hydrogen-bond acceptors (Lipinski definition) is 3. The largest absolute Gasteiger partial charge is 0.478 e. The maximum atomic E-state index is 13.1. The lowest BCUT2D eigenvalue weighted by Gasteiger charge is -2.10. The van der Waals surface area contributed by atoms with Crippen LogP contribution < -0.4 is 5.43 Å². The molecule has 1 heterocycles. The number of unbranched alkanes of at least 4 members (excludes halogenated alkanes) is 2. The van der Waals surface area contributed by atoms with Crippen molar-refractivity contribution >= 4 is 27.9 Å². The zero-order chi connectivity index (χ0) is 18.7. The Balaban J connectivity index is 2.27. The van der Waals surface area contributed by atoms with Crippen LogP contribution in [0.1, 0.15) is 61.0 Å². The molecule has 0 amide bonds. The third-order valence-electron chi connectivity index (χ3n) is 4.77. The first-order chi connectivity index (χ1) is 12.5. The van der Waals surface area contributed by atoms with Crippen LogP contribution in [0.2, 0.25) is 0 Å². The van der Waals surface area contributed by atoms with E-state index in [2.05, 4.69) is 19.9 Å². The van der Waals surface area contributed by atoms with E-state index in [1.165, 1.54) is 12.1 Å². The van der Waals surface area contributed by atoms with E-state index in [1.54, 1.807) is 6.07 Å². The number of rotatable bonds is 7. The molecule has 3 rings (SSSR count). The molecule has 0 radical (unpaired) electrons. The van der Waals surface area contributed by atoms with Crippen LogP contribution in [0.5, 0.6) is 0 Å². The first-order valence-corrected chi connectivity index (χ1v) is 9.30. The lowest BCUT2D eigenvalue weighted by molar-refractivity contribution is 0.0697. The lowest BCUT2D eigenvalue weighted by Crippen LogP contribution is -2.07. The summed E-state index contributed by atoms with van der Waals surface area (Å²) in [6.07, 6.45) is 6.07. The van der Waals surface area contributed by atoms with Gasteiger partial charge in [-0.15, -0.1) is 0 Å². The molecular weight excluding hydrogens is 328 g/mol. The zero-order valence-electron chi connectivity index (χ0n) is 15.3. The van der Waals surface area contributed by atoms with Crippen LogP contribution in [-0.4, -0.2) is 11.1 Å². The van der Waals surface area contributed by atoms with Crippen LogP contribution in [0.25, 0.3) is 21.9 Å². The number of carbonyl (C=O) groups is 1. The standard InChI is InChI=1S/C22H24O4/c1-3-5-7-14-11-15(8-6-4-2)21-18(12-14)20(23)17-13-16(22(24)25)9-10-19(17)26-21/h9-13H,3-8H2,1-2H3,(H,24,25). The summed E-state index contributed by atoms with van der Waals surface area (Å²) in [5.74, 6) is -1.05. The van der Waals surface area contributed by atoms with Gasteiger partial charge in [0.1, 0.15) is 11.2 Å². The minimum Gasteiger partial charge on any atom is -0.478 e. The Morgan fingerprint density at radius 1 is 1.00 bits per heavy atom. The maximum Gasteiger partial charge on any atom is 0.335 e. The fraction of sp³-hybridized carbons (Fsp3) is 0.364. The average molecular weight is 352 g/mol. The van der Waals surface area contributed by atoms with Crippen LogP contribution >= 0.6 is 0 Å². The molecule has 4 nitrogen and oxygen atoms in total. The summed E-state index contributed by atoms with van der Waals surface area (Å²) < 4.78 is 6.06. The van der Waals surface area contributed by atoms with Crippen molar-refractivity contribution in [3.05, 3.63) is 57.2 Å². The Morgan fingerprint density at radius 2 is 1.73 bits per heavy atom. The maximum absolute atomic E-state index is 13.1. The Bertz CT molecular complexity index is 1010. The van der Waals surface area contributed by atoms with E-state index in [9.17, 15) is 14.7 Å². The van der Waals surface area contributed by atoms with E-state index in [0.717, 1.165) is 49.7 Å². The number of carboxylic acids is 1. The smallest absolute Gasteiger partial charge is 0.335 e. The van der Waals surface area contributed by atoms with Crippen molar-refractivity contribution in [1.82, 2.24) is 0 Å². The molecular formula is C22H24O4. The minimum atomic E-state index is -1.05. The normalized spacial score (nSPS) is 11.3. The predicted octanol–water partition coefficient (Wildman–Crippen LogP) is 5.33. The van der Waals surface area contributed by atoms with Crippen molar-refractivity contribution < 1.29 is 14.3 Å². The molecule has 26 heavy (non-hydrogen) atoms. The van der Waals surface area contributed by atoms with E-state index >= 15 is 0 Å². The zero-order valence-corrected chi connectivity index (χ0v) is 15.3. The van der Waals surface area contributed by atoms with Crippen LogP contribution in [0.15, 0.2) is 39.5 Å². The first-order valence-electron chi connectivity index (χ1n) is 9.30. The molecule has 0 fully saturated rings. The van der Waals surface area contributed by atoms with E-state index < -0.39 is 5.97 Å². The summed E-state index contributed by atoms with van der Waals surface area (Å²) in [7, 11) is 0. The third kappa shape index (κ3) is 3.50. The molecule has 0 aliphatic carbocycles. The number of aromatic carboxylic acids is 1. The number of hydrogen-bond donors (Lipinski definition) is 1. The predicted molar refractivity (Wildman–Crippen MR) is 104 cm³/mol. The van der Waals surface area contributed by atoms with E-state index in [-0.39, 0.29) is 11.0 Å². The molecule has 0 spiro atoms. The van der Waals surface area contributed by atoms with E-state index in [1.807, 2.05) is 6.07 Å². The molecule has 0 aliphatic heterocycles. The molecule has 0 bridgehead atoms. The second kappa shape index (κ2) is 7.73. The molecule has 136 valence electrons. The summed E-state index contributed by atoms with van der Waals surface area (Å²) in [5, 5.41) is 10.1. The van der Waals surface area contributed by atoms with Gasteiger partial charge < -0.3 is 9.52 Å². The molecule has 1 aromatic heterocycles. The van der Waals surface area contributed by atoms with Gasteiger partial charge in [-0.05, 0) is 61.1 Å². The highest BCUT2D eigenvalue weighted by Crippen LogP contribution is 2.26. The van der Waals surface area contributed by atoms with Crippen molar-refractivity contribution in [1.29, 1.82) is 0 Å². The molecule has 0 saturated heterocycles. The molecule has 0 aliphatic rings. The van der Waals surface area contributed by atoms with Crippen LogP contribution in [0.4, 0.5) is 0 Å². The Kier molecular flexibility index (Phi) is 5.40. The third-order valence-corrected chi connectivity index (χ3v) is 4.77. The van der Waals surface area contributed by atoms with E-state index in [4.69, 9.17) is 4.42 Å². The number of fused-ring (bicyclic) bond motifs is 2. The highest BCUT2D eigenvalue weighted by molar-refractivity contribution is 5.96. The summed E-state index contributed by atoms with van der Waals surface area (Å²) in [5.41, 5.74) is 3.23. The molecule has 1 N–H and O–H groups in total. The van der Waals surface area contributed by atoms with Gasteiger partial charge in [0.15, 0.2) is 0 Å². The molecule has 0 atom stereocenters. The average Bonchev–Trinajstić information content (AvgIpc) is 2.64. The highest BCUT2D eigenvalue weighted by Gasteiger charge is 2.14. The van der Waals surface area contributed by atoms with Crippen LogP contribution in [0, 0.1) is 0 Å². The molecule has 3 aromatic rings. The van der Waals surface area contributed by atoms with Crippen molar-refractivity contribution in [3.63, 3.8) is 0 Å². The Hall–Kier alpha value is -2.62. The van der Waals surface area contributed by atoms with Gasteiger partial charge in [0, 0.05) is 0 Å². The number of carboxylic acid groups (broad SMARTS) is 1. The quantitative estimate of drug-likeness (QED) is 0.584. The van der Waals surface area contributed by atoms with Gasteiger partial charge in [-0.1, -0.05) is 32.8 Å². The van der Waals surface area contributed by atoms with E-state index in [0.29, 0.717) is 21.9 Å². The molecule has 0 unspecified atom stereocenters. The second-order valence-electron chi connectivity index (χ2n) is 6.79. The minimum absolute atomic E-state index is 0.0949. The SMILES string of the molecule is CCCCc1cc(CCCC)c2oc3ccc(C(=O)O)cc3c(=O)c2c1. The summed E-state index contributed by atoms with van der Waals surface area (Å²) in [6.45, 7) is 4.29. The Morgan fingerprint density at radius 3 is 2.42 bits per heavy atom. The topological polar surface area (TPSA) is 67.5 Å². The number of aryl methyl sites for hydroxylation is 2. The number of benzene rings is 2. The van der Waals surface area contributed by atoms with Gasteiger partial charge in [-0.25, -0.2) is 4.79 Å². The van der Waals surface area contributed by atoms with Crippen molar-refractivity contribution in [2.75, 3.05) is 0 Å². The molecule has 2 aromatic carbocycles. The monoisotopic (exact) mass is 352 g/mol. The van der Waals surface area contributed by atoms with Crippen molar-refractivity contribution in [3.8, 4) is 0 Å². The van der Waals surface area contributed by atoms with Crippen molar-refractivity contribution in [2.24, 2.45) is 0 Å². The van der Waals surface area contributed by atoms with Gasteiger partial charge in [0.25, 0.3) is 0 Å². The van der Waals surface area contributed by atoms with Gasteiger partial charge in [-0.2, -0.15) is 0 Å². The van der Waals surface area contributed by atoms with Gasteiger partial charge >= 0.3 is 5.97 Å². The summed E-state index contributed by atoms with van der Waals surface area (Å²) in [4.78, 5) is 24.3. The fourth-order valence-corrected chi connectivity index (χ4v) is 3.31. The molecule has 0 saturated carbocycles.